The van der Waals surface area contributed by atoms with Crippen molar-refractivity contribution in [3.05, 3.63) is 0 Å². The molecule has 0 saturated heterocycles. The Kier molecular flexibility index (Phi) is 13.3. The van der Waals surface area contributed by atoms with Gasteiger partial charge in [-0.15, -0.1) is 0 Å². The van der Waals surface area contributed by atoms with Crippen LogP contribution >= 0.6 is 0 Å². The van der Waals surface area contributed by atoms with Crippen LogP contribution < -0.4 is 5.32 Å². The van der Waals surface area contributed by atoms with E-state index in [0.29, 0.717) is 6.42 Å². The second kappa shape index (κ2) is 13.2. The van der Waals surface area contributed by atoms with E-state index in [-0.39, 0.29) is 16.8 Å². The fraction of sp³-hybridized carbons (Fsp3) is 0.950. The number of alkyl carbamates (subject to hydrolysis) is 1. The molecule has 5 heteroatoms. The van der Waals surface area contributed by atoms with Gasteiger partial charge in [0.05, 0.1) is 0 Å². The van der Waals surface area contributed by atoms with Crippen molar-refractivity contribution in [2.24, 2.45) is 0 Å². The number of amides is 1. The van der Waals surface area contributed by atoms with Gasteiger partial charge in [0.15, 0.2) is 0 Å². The van der Waals surface area contributed by atoms with Crippen molar-refractivity contribution in [2.45, 2.75) is 109 Å². The van der Waals surface area contributed by atoms with E-state index in [4.69, 9.17) is 4.74 Å². The fourth-order valence-electron chi connectivity index (χ4n) is 3.59. The Bertz CT molecular complexity index is 334. The summed E-state index contributed by atoms with van der Waals surface area (Å²) in [6.07, 6.45) is 7.74. The molecule has 0 aromatic heterocycles. The SMILES string of the molecule is CCC[CH2][Sn]([CH2]CCC)([CH2]CCC)[CH](CCO)NC(=O)OC(C)(C)C. The summed E-state index contributed by atoms with van der Waals surface area (Å²) in [6.45, 7) is 12.6. The van der Waals surface area contributed by atoms with Crippen molar-refractivity contribution in [1.29, 1.82) is 0 Å². The van der Waals surface area contributed by atoms with Crippen LogP contribution in [-0.4, -0.2) is 45.8 Å². The Hall–Kier alpha value is 0.0287. The zero-order valence-corrected chi connectivity index (χ0v) is 20.5. The molecule has 1 unspecified atom stereocenters. The number of aliphatic hydroxyl groups excluding tert-OH is 1. The molecule has 0 aromatic rings. The van der Waals surface area contributed by atoms with Gasteiger partial charge in [-0.1, -0.05) is 0 Å². The third kappa shape index (κ3) is 10.7. The van der Waals surface area contributed by atoms with Crippen LogP contribution in [0.25, 0.3) is 0 Å². The van der Waals surface area contributed by atoms with Crippen molar-refractivity contribution in [1.82, 2.24) is 5.32 Å². The molecule has 0 heterocycles. The number of unbranched alkanes of at least 4 members (excludes halogenated alkanes) is 3. The topological polar surface area (TPSA) is 58.6 Å². The molecule has 0 aliphatic rings. The van der Waals surface area contributed by atoms with Crippen LogP contribution in [-0.2, 0) is 4.74 Å². The van der Waals surface area contributed by atoms with Gasteiger partial charge < -0.3 is 0 Å². The van der Waals surface area contributed by atoms with Crippen LogP contribution in [0, 0.1) is 0 Å². The molecule has 0 bridgehead atoms. The van der Waals surface area contributed by atoms with Crippen LogP contribution in [0.5, 0.6) is 0 Å². The molecule has 1 amide bonds. The molecule has 0 fully saturated rings. The molecule has 0 radical (unpaired) electrons. The molecular formula is C20H43NO3Sn. The van der Waals surface area contributed by atoms with Gasteiger partial charge in [-0.3, -0.25) is 0 Å². The first kappa shape index (κ1) is 25.0. The molecule has 0 saturated carbocycles. The Morgan fingerprint density at radius 3 is 1.76 bits per heavy atom. The Labute approximate surface area is 160 Å². The van der Waals surface area contributed by atoms with Gasteiger partial charge in [-0.05, 0) is 0 Å². The third-order valence-corrected chi connectivity index (χ3v) is 21.9. The Morgan fingerprint density at radius 2 is 1.44 bits per heavy atom. The molecule has 2 N–H and O–H groups in total. The molecule has 150 valence electrons. The van der Waals surface area contributed by atoms with Gasteiger partial charge in [0.1, 0.15) is 0 Å². The maximum atomic E-state index is 12.4. The summed E-state index contributed by atoms with van der Waals surface area (Å²) in [7, 11) is 0. The van der Waals surface area contributed by atoms with Crippen LogP contribution in [0.15, 0.2) is 0 Å². The molecule has 1 atom stereocenters. The van der Waals surface area contributed by atoms with Crippen molar-refractivity contribution < 1.29 is 14.6 Å². The Balaban J connectivity index is 5.42. The van der Waals surface area contributed by atoms with E-state index in [1.54, 1.807) is 0 Å². The standard InChI is InChI=1S/C8H16NO3.3C4H9.Sn/c1-8(2,3)12-7(11)9-5-4-6-10;3*1-3-4-2;/h5,10H,4,6H2,1-3H3,(H,9,11);3*1,3-4H2,2H3;. The van der Waals surface area contributed by atoms with E-state index in [1.807, 2.05) is 20.8 Å². The number of rotatable bonds is 13. The summed E-state index contributed by atoms with van der Waals surface area (Å²) in [4.78, 5) is 12.4. The molecule has 4 nitrogen and oxygen atoms in total. The summed E-state index contributed by atoms with van der Waals surface area (Å²) in [5.74, 6) is 0. The quantitative estimate of drug-likeness (QED) is 0.347. The van der Waals surface area contributed by atoms with Crippen LogP contribution in [0.2, 0.25) is 13.3 Å². The summed E-state index contributed by atoms with van der Waals surface area (Å²) < 4.78 is 9.64. The van der Waals surface area contributed by atoms with Gasteiger partial charge in [0, 0.05) is 0 Å². The molecular weight excluding hydrogens is 421 g/mol. The first-order chi connectivity index (χ1) is 11.7. The zero-order chi connectivity index (χ0) is 19.3. The predicted octanol–water partition coefficient (Wildman–Crippen LogP) is 5.65. The van der Waals surface area contributed by atoms with Gasteiger partial charge in [-0.25, -0.2) is 0 Å². The molecule has 0 aliphatic heterocycles. The molecule has 0 aromatic carbocycles. The second-order valence-corrected chi connectivity index (χ2v) is 22.4. The predicted molar refractivity (Wildman–Crippen MR) is 110 cm³/mol. The number of nitrogens with one attached hydrogen (secondary N) is 1. The number of ether oxygens (including phenoxy) is 1. The van der Waals surface area contributed by atoms with Crippen LogP contribution in [0.1, 0.15) is 86.5 Å². The van der Waals surface area contributed by atoms with Crippen molar-refractivity contribution in [3.63, 3.8) is 0 Å². The van der Waals surface area contributed by atoms with Gasteiger partial charge >= 0.3 is 160 Å². The molecule has 25 heavy (non-hydrogen) atoms. The van der Waals surface area contributed by atoms with Crippen molar-refractivity contribution in [2.75, 3.05) is 6.61 Å². The molecule has 0 rings (SSSR count). The van der Waals surface area contributed by atoms with E-state index in [9.17, 15) is 9.90 Å². The number of carbonyl (C=O) groups excluding carboxylic acids is 1. The number of hydrogen-bond donors (Lipinski definition) is 2. The minimum atomic E-state index is -2.63. The van der Waals surface area contributed by atoms with Crippen molar-refractivity contribution >= 4 is 24.5 Å². The van der Waals surface area contributed by atoms with E-state index < -0.39 is 24.0 Å². The maximum absolute atomic E-state index is 12.4. The number of hydrogen-bond acceptors (Lipinski definition) is 3. The van der Waals surface area contributed by atoms with E-state index >= 15 is 0 Å². The first-order valence-corrected chi connectivity index (χ1v) is 18.0. The second-order valence-electron chi connectivity index (χ2n) is 8.38. The van der Waals surface area contributed by atoms with Crippen LogP contribution in [0.4, 0.5) is 4.79 Å². The monoisotopic (exact) mass is 465 g/mol. The van der Waals surface area contributed by atoms with E-state index in [0.717, 1.165) is 0 Å². The van der Waals surface area contributed by atoms with Gasteiger partial charge in [-0.2, -0.15) is 0 Å². The molecule has 0 spiro atoms. The zero-order valence-electron chi connectivity index (χ0n) is 17.6. The minimum absolute atomic E-state index is 0.142. The summed E-state index contributed by atoms with van der Waals surface area (Å²) in [5.41, 5.74) is -0.484. The van der Waals surface area contributed by atoms with Crippen LogP contribution in [0.3, 0.4) is 0 Å². The summed E-state index contributed by atoms with van der Waals surface area (Å²) in [5, 5.41) is 12.9. The summed E-state index contributed by atoms with van der Waals surface area (Å²) >= 11 is -2.63. The number of carbonyl (C=O) groups is 1. The van der Waals surface area contributed by atoms with E-state index in [2.05, 4.69) is 26.1 Å². The molecule has 0 aliphatic carbocycles. The third-order valence-electron chi connectivity index (χ3n) is 4.93. The average Bonchev–Trinajstić information content (AvgIpc) is 2.52. The van der Waals surface area contributed by atoms with Gasteiger partial charge in [0.25, 0.3) is 0 Å². The van der Waals surface area contributed by atoms with Gasteiger partial charge in [0.2, 0.25) is 0 Å². The Morgan fingerprint density at radius 1 is 1.00 bits per heavy atom. The fourth-order valence-corrected chi connectivity index (χ4v) is 21.1. The normalized spacial score (nSPS) is 13.6. The van der Waals surface area contributed by atoms with Crippen molar-refractivity contribution in [3.8, 4) is 0 Å². The first-order valence-electron chi connectivity index (χ1n) is 10.3. The number of aliphatic hydroxyl groups is 1. The van der Waals surface area contributed by atoms with E-state index in [1.165, 1.54) is 51.8 Å². The average molecular weight is 464 g/mol. The summed E-state index contributed by atoms with van der Waals surface area (Å²) in [6, 6.07) is 0.